The minimum absolute atomic E-state index is 0.115. The molecule has 0 bridgehead atoms. The molecule has 1 fully saturated rings. The Labute approximate surface area is 174 Å². The summed E-state index contributed by atoms with van der Waals surface area (Å²) in [5.74, 6) is 1.01. The van der Waals surface area contributed by atoms with Crippen molar-refractivity contribution in [3.05, 3.63) is 59.4 Å². The summed E-state index contributed by atoms with van der Waals surface area (Å²) >= 11 is 0. The number of rotatable bonds is 6. The van der Waals surface area contributed by atoms with Crippen molar-refractivity contribution in [3.63, 3.8) is 0 Å². The van der Waals surface area contributed by atoms with E-state index in [-0.39, 0.29) is 18.2 Å². The van der Waals surface area contributed by atoms with E-state index in [2.05, 4.69) is 15.5 Å². The Morgan fingerprint density at radius 2 is 2.03 bits per heavy atom. The number of carbonyl (C=O) groups excluding carboxylic acids is 2. The van der Waals surface area contributed by atoms with Crippen LogP contribution in [-0.4, -0.2) is 39.4 Å². The van der Waals surface area contributed by atoms with Crippen LogP contribution in [0.15, 0.2) is 45.7 Å². The third-order valence-electron chi connectivity index (χ3n) is 5.31. The molecular formula is C22H24N4O4. The van der Waals surface area contributed by atoms with Crippen molar-refractivity contribution >= 4 is 11.8 Å². The van der Waals surface area contributed by atoms with Crippen LogP contribution in [0.4, 0.5) is 0 Å². The second-order valence-corrected chi connectivity index (χ2v) is 7.54. The highest BCUT2D eigenvalue weighted by Gasteiger charge is 2.34. The fourth-order valence-electron chi connectivity index (χ4n) is 3.75. The molecule has 1 N–H and O–H groups in total. The Hall–Kier alpha value is -3.42. The van der Waals surface area contributed by atoms with Crippen molar-refractivity contribution in [1.82, 2.24) is 20.4 Å². The topological polar surface area (TPSA) is 101 Å². The summed E-state index contributed by atoms with van der Waals surface area (Å²) in [5, 5.41) is 6.76. The molecule has 8 heteroatoms. The average molecular weight is 408 g/mol. The van der Waals surface area contributed by atoms with Gasteiger partial charge in [0.05, 0.1) is 17.8 Å². The molecule has 0 radical (unpaired) electrons. The van der Waals surface area contributed by atoms with Gasteiger partial charge >= 0.3 is 0 Å². The summed E-state index contributed by atoms with van der Waals surface area (Å²) in [7, 11) is 0. The van der Waals surface area contributed by atoms with E-state index >= 15 is 0 Å². The first-order chi connectivity index (χ1) is 14.5. The fraction of sp³-hybridized carbons (Fsp3) is 0.364. The molecule has 0 aliphatic carbocycles. The Bertz CT molecular complexity index is 1040. The van der Waals surface area contributed by atoms with E-state index in [1.807, 2.05) is 38.1 Å². The molecule has 30 heavy (non-hydrogen) atoms. The maximum absolute atomic E-state index is 12.7. The largest absolute Gasteiger partial charge is 0.443 e. The lowest BCUT2D eigenvalue weighted by Crippen LogP contribution is -2.46. The quantitative estimate of drug-likeness (QED) is 0.673. The number of nitrogens with one attached hydrogen (secondary N) is 1. The number of aromatic nitrogens is 2. The van der Waals surface area contributed by atoms with Crippen LogP contribution in [0.5, 0.6) is 0 Å². The van der Waals surface area contributed by atoms with Crippen LogP contribution in [0.3, 0.4) is 0 Å². The molecule has 2 aromatic heterocycles. The summed E-state index contributed by atoms with van der Waals surface area (Å²) in [6.45, 7) is 4.68. The SMILES string of the molecule is Cc1cc(CC(=O)N2CCCC2C(=O)NCc2ccc(-c3ocnc3C)cc2)on1. The minimum atomic E-state index is -0.447. The molecule has 156 valence electrons. The van der Waals surface area contributed by atoms with Crippen LogP contribution in [0.25, 0.3) is 11.3 Å². The molecule has 1 unspecified atom stereocenters. The van der Waals surface area contributed by atoms with Crippen molar-refractivity contribution in [2.75, 3.05) is 6.54 Å². The van der Waals surface area contributed by atoms with Gasteiger partial charge in [0.15, 0.2) is 12.2 Å². The zero-order chi connectivity index (χ0) is 21.1. The summed E-state index contributed by atoms with van der Waals surface area (Å²) in [6, 6.07) is 9.08. The molecule has 1 saturated heterocycles. The molecular weight excluding hydrogens is 384 g/mol. The van der Waals surface area contributed by atoms with Crippen LogP contribution >= 0.6 is 0 Å². The number of hydrogen-bond acceptors (Lipinski definition) is 6. The van der Waals surface area contributed by atoms with Crippen molar-refractivity contribution in [2.45, 2.75) is 45.7 Å². The van der Waals surface area contributed by atoms with Gasteiger partial charge in [0, 0.05) is 24.7 Å². The molecule has 2 amide bonds. The van der Waals surface area contributed by atoms with E-state index in [0.29, 0.717) is 25.3 Å². The van der Waals surface area contributed by atoms with Gasteiger partial charge in [-0.1, -0.05) is 29.4 Å². The predicted molar refractivity (Wildman–Crippen MR) is 108 cm³/mol. The van der Waals surface area contributed by atoms with Crippen molar-refractivity contribution in [2.24, 2.45) is 0 Å². The van der Waals surface area contributed by atoms with E-state index in [9.17, 15) is 9.59 Å². The smallest absolute Gasteiger partial charge is 0.243 e. The highest BCUT2D eigenvalue weighted by atomic mass is 16.5. The normalized spacial score (nSPS) is 16.1. The summed E-state index contributed by atoms with van der Waals surface area (Å²) in [5.41, 5.74) is 3.48. The zero-order valence-electron chi connectivity index (χ0n) is 17.1. The van der Waals surface area contributed by atoms with Gasteiger partial charge in [-0.15, -0.1) is 0 Å². The molecule has 4 rings (SSSR count). The fourth-order valence-corrected chi connectivity index (χ4v) is 3.75. The summed E-state index contributed by atoms with van der Waals surface area (Å²) < 4.78 is 10.5. The van der Waals surface area contributed by atoms with E-state index in [1.54, 1.807) is 11.0 Å². The zero-order valence-corrected chi connectivity index (χ0v) is 17.1. The van der Waals surface area contributed by atoms with Crippen LogP contribution in [-0.2, 0) is 22.6 Å². The highest BCUT2D eigenvalue weighted by Crippen LogP contribution is 2.23. The molecule has 0 saturated carbocycles. The number of carbonyl (C=O) groups is 2. The first-order valence-electron chi connectivity index (χ1n) is 10.00. The maximum Gasteiger partial charge on any atom is 0.243 e. The Morgan fingerprint density at radius 1 is 1.23 bits per heavy atom. The number of nitrogens with zero attached hydrogens (tertiary/aromatic N) is 3. The van der Waals surface area contributed by atoms with E-state index in [1.165, 1.54) is 6.39 Å². The Kier molecular flexibility index (Phi) is 5.65. The second kappa shape index (κ2) is 8.52. The highest BCUT2D eigenvalue weighted by molar-refractivity contribution is 5.88. The molecule has 1 aromatic carbocycles. The van der Waals surface area contributed by atoms with Gasteiger partial charge in [0.2, 0.25) is 11.8 Å². The Morgan fingerprint density at radius 3 is 2.70 bits per heavy atom. The summed E-state index contributed by atoms with van der Waals surface area (Å²) in [6.07, 6.45) is 3.02. The van der Waals surface area contributed by atoms with Crippen molar-refractivity contribution in [3.8, 4) is 11.3 Å². The molecule has 3 heterocycles. The number of amides is 2. The second-order valence-electron chi connectivity index (χ2n) is 7.54. The number of aryl methyl sites for hydroxylation is 2. The molecule has 1 aliphatic heterocycles. The molecule has 3 aromatic rings. The van der Waals surface area contributed by atoms with Crippen LogP contribution in [0.1, 0.15) is 35.6 Å². The van der Waals surface area contributed by atoms with Gasteiger partial charge in [-0.3, -0.25) is 9.59 Å². The lowest BCUT2D eigenvalue weighted by Gasteiger charge is -2.23. The molecule has 0 spiro atoms. The molecule has 1 atom stereocenters. The third kappa shape index (κ3) is 4.27. The minimum Gasteiger partial charge on any atom is -0.443 e. The van der Waals surface area contributed by atoms with Gasteiger partial charge in [0.1, 0.15) is 11.8 Å². The lowest BCUT2D eigenvalue weighted by molar-refractivity contribution is -0.138. The van der Waals surface area contributed by atoms with Crippen molar-refractivity contribution in [1.29, 1.82) is 0 Å². The maximum atomic E-state index is 12.7. The van der Waals surface area contributed by atoms with E-state index in [4.69, 9.17) is 8.94 Å². The van der Waals surface area contributed by atoms with Gasteiger partial charge in [-0.2, -0.15) is 0 Å². The number of likely N-dealkylation sites (tertiary alicyclic amines) is 1. The first-order valence-corrected chi connectivity index (χ1v) is 10.00. The van der Waals surface area contributed by atoms with E-state index < -0.39 is 6.04 Å². The number of oxazole rings is 1. The van der Waals surface area contributed by atoms with Crippen LogP contribution in [0.2, 0.25) is 0 Å². The monoisotopic (exact) mass is 408 g/mol. The van der Waals surface area contributed by atoms with Crippen molar-refractivity contribution < 1.29 is 18.5 Å². The summed E-state index contributed by atoms with van der Waals surface area (Å²) in [4.78, 5) is 31.1. The predicted octanol–water partition coefficient (Wildman–Crippen LogP) is 2.80. The molecule has 8 nitrogen and oxygen atoms in total. The van der Waals surface area contributed by atoms with Gasteiger partial charge in [-0.05, 0) is 32.3 Å². The average Bonchev–Trinajstić information content (AvgIpc) is 3.48. The van der Waals surface area contributed by atoms with Gasteiger partial charge < -0.3 is 19.2 Å². The van der Waals surface area contributed by atoms with Gasteiger partial charge in [-0.25, -0.2) is 4.98 Å². The standard InChI is InChI=1S/C22H24N4O4/c1-14-10-18(30-25-14)11-20(27)26-9-3-4-19(26)22(28)23-12-16-5-7-17(8-6-16)21-15(2)24-13-29-21/h5-8,10,13,19H,3-4,9,11-12H2,1-2H3,(H,23,28). The number of hydrogen-bond donors (Lipinski definition) is 1. The van der Waals surface area contributed by atoms with Crippen LogP contribution < -0.4 is 5.32 Å². The first kappa shape index (κ1) is 19.9. The van der Waals surface area contributed by atoms with Gasteiger partial charge in [0.25, 0.3) is 0 Å². The van der Waals surface area contributed by atoms with E-state index in [0.717, 1.165) is 34.7 Å². The Balaban J connectivity index is 1.34. The molecule has 1 aliphatic rings. The lowest BCUT2D eigenvalue weighted by atomic mass is 10.1. The van der Waals surface area contributed by atoms with Crippen LogP contribution in [0, 0.1) is 13.8 Å². The number of benzene rings is 1. The third-order valence-corrected chi connectivity index (χ3v) is 5.31.